The van der Waals surface area contributed by atoms with Gasteiger partial charge in [0.1, 0.15) is 0 Å². The van der Waals surface area contributed by atoms with Crippen molar-refractivity contribution in [2.24, 2.45) is 4.99 Å². The smallest absolute Gasteiger partial charge is 0.211 e. The van der Waals surface area contributed by atoms with E-state index in [1.54, 1.807) is 12.1 Å². The SMILES string of the molecule is O=C=NC1(c2ccc(C(F)F)c(Br)c2)CC1. The van der Waals surface area contributed by atoms with E-state index in [9.17, 15) is 13.6 Å². The highest BCUT2D eigenvalue weighted by Crippen LogP contribution is 2.50. The molecule has 1 aliphatic rings. The Morgan fingerprint density at radius 1 is 1.44 bits per heavy atom. The third kappa shape index (κ3) is 1.93. The molecule has 2 nitrogen and oxygen atoms in total. The van der Waals surface area contributed by atoms with Crippen molar-refractivity contribution in [1.29, 1.82) is 0 Å². The topological polar surface area (TPSA) is 29.4 Å². The first-order valence-corrected chi connectivity index (χ1v) is 5.55. The van der Waals surface area contributed by atoms with E-state index in [2.05, 4.69) is 20.9 Å². The summed E-state index contributed by atoms with van der Waals surface area (Å²) in [7, 11) is 0. The number of rotatable bonds is 3. The molecule has 0 saturated heterocycles. The normalized spacial score (nSPS) is 17.0. The average molecular weight is 288 g/mol. The Morgan fingerprint density at radius 2 is 2.12 bits per heavy atom. The molecule has 16 heavy (non-hydrogen) atoms. The molecule has 1 aliphatic carbocycles. The predicted molar refractivity (Wildman–Crippen MR) is 58.1 cm³/mol. The van der Waals surface area contributed by atoms with Gasteiger partial charge in [0, 0.05) is 10.0 Å². The van der Waals surface area contributed by atoms with Crippen LogP contribution in [0.15, 0.2) is 27.7 Å². The largest absolute Gasteiger partial charge is 0.264 e. The Kier molecular flexibility index (Phi) is 2.91. The minimum absolute atomic E-state index is 0.0466. The quantitative estimate of drug-likeness (QED) is 0.615. The van der Waals surface area contributed by atoms with Crippen LogP contribution in [0.5, 0.6) is 0 Å². The molecule has 5 heteroatoms. The molecule has 0 aromatic heterocycles. The van der Waals surface area contributed by atoms with Gasteiger partial charge < -0.3 is 0 Å². The summed E-state index contributed by atoms with van der Waals surface area (Å²) >= 11 is 3.10. The zero-order valence-electron chi connectivity index (χ0n) is 8.21. The molecule has 0 spiro atoms. The van der Waals surface area contributed by atoms with E-state index in [4.69, 9.17) is 0 Å². The van der Waals surface area contributed by atoms with Gasteiger partial charge in [-0.25, -0.2) is 13.6 Å². The van der Waals surface area contributed by atoms with Gasteiger partial charge in [-0.2, -0.15) is 4.99 Å². The maximum absolute atomic E-state index is 12.5. The lowest BCUT2D eigenvalue weighted by Crippen LogP contribution is -2.02. The summed E-state index contributed by atoms with van der Waals surface area (Å²) in [6, 6.07) is 4.57. The zero-order chi connectivity index (χ0) is 11.8. The van der Waals surface area contributed by atoms with Gasteiger partial charge in [-0.3, -0.25) is 0 Å². The van der Waals surface area contributed by atoms with Gasteiger partial charge in [0.05, 0.1) is 5.54 Å². The summed E-state index contributed by atoms with van der Waals surface area (Å²) in [4.78, 5) is 14.0. The second-order valence-corrected chi connectivity index (χ2v) is 4.63. The van der Waals surface area contributed by atoms with Crippen molar-refractivity contribution in [3.8, 4) is 0 Å². The summed E-state index contributed by atoms with van der Waals surface area (Å²) in [5.74, 6) is 0. The standard InChI is InChI=1S/C11H8BrF2NO/c12-9-5-7(1-2-8(9)10(13)14)11(3-4-11)15-6-16/h1-2,5,10H,3-4H2. The average Bonchev–Trinajstić information content (AvgIpc) is 2.99. The van der Waals surface area contributed by atoms with Crippen LogP contribution in [0.3, 0.4) is 0 Å². The number of hydrogen-bond donors (Lipinski definition) is 0. The van der Waals surface area contributed by atoms with Gasteiger partial charge in [-0.1, -0.05) is 28.1 Å². The zero-order valence-corrected chi connectivity index (χ0v) is 9.80. The molecule has 84 valence electrons. The van der Waals surface area contributed by atoms with Crippen LogP contribution in [0.4, 0.5) is 8.78 Å². The summed E-state index contributed by atoms with van der Waals surface area (Å²) in [5, 5.41) is 0. The van der Waals surface area contributed by atoms with E-state index in [1.165, 1.54) is 12.1 Å². The van der Waals surface area contributed by atoms with E-state index >= 15 is 0 Å². The fraction of sp³-hybridized carbons (Fsp3) is 0.364. The van der Waals surface area contributed by atoms with Gasteiger partial charge in [-0.05, 0) is 24.5 Å². The molecular weight excluding hydrogens is 280 g/mol. The fourth-order valence-corrected chi connectivity index (χ4v) is 2.22. The number of benzene rings is 1. The molecule has 1 fully saturated rings. The summed E-state index contributed by atoms with van der Waals surface area (Å²) in [5.41, 5.74) is 0.229. The van der Waals surface area contributed by atoms with Gasteiger partial charge >= 0.3 is 0 Å². The van der Waals surface area contributed by atoms with E-state index in [0.29, 0.717) is 4.47 Å². The highest BCUT2D eigenvalue weighted by Gasteiger charge is 2.45. The molecule has 0 radical (unpaired) electrons. The summed E-state index contributed by atoms with van der Waals surface area (Å²) in [6.07, 6.45) is 0.564. The second kappa shape index (κ2) is 4.07. The number of alkyl halides is 2. The number of nitrogens with zero attached hydrogens (tertiary/aromatic N) is 1. The first-order chi connectivity index (χ1) is 7.59. The highest BCUT2D eigenvalue weighted by atomic mass is 79.9. The predicted octanol–water partition coefficient (Wildman–Crippen LogP) is 3.71. The molecule has 1 aromatic carbocycles. The van der Waals surface area contributed by atoms with E-state index in [-0.39, 0.29) is 5.56 Å². The second-order valence-electron chi connectivity index (χ2n) is 3.77. The first-order valence-electron chi connectivity index (χ1n) is 4.76. The number of aliphatic imine (C=N–C) groups is 1. The lowest BCUT2D eigenvalue weighted by atomic mass is 10.0. The maximum atomic E-state index is 12.5. The van der Waals surface area contributed by atoms with Gasteiger partial charge in [-0.15, -0.1) is 0 Å². The van der Waals surface area contributed by atoms with Gasteiger partial charge in [0.15, 0.2) is 0 Å². The van der Waals surface area contributed by atoms with Crippen molar-refractivity contribution in [2.45, 2.75) is 24.8 Å². The number of isocyanates is 1. The van der Waals surface area contributed by atoms with E-state index < -0.39 is 12.0 Å². The molecule has 0 bridgehead atoms. The Morgan fingerprint density at radius 3 is 2.56 bits per heavy atom. The fourth-order valence-electron chi connectivity index (χ4n) is 1.66. The highest BCUT2D eigenvalue weighted by molar-refractivity contribution is 9.10. The van der Waals surface area contributed by atoms with Crippen LogP contribution in [0.25, 0.3) is 0 Å². The van der Waals surface area contributed by atoms with Crippen LogP contribution >= 0.6 is 15.9 Å². The molecule has 1 aromatic rings. The van der Waals surface area contributed by atoms with Crippen LogP contribution in [-0.2, 0) is 10.3 Å². The maximum Gasteiger partial charge on any atom is 0.264 e. The molecule has 0 aliphatic heterocycles. The molecule has 2 rings (SSSR count). The Balaban J connectivity index is 2.39. The van der Waals surface area contributed by atoms with Crippen LogP contribution in [0.2, 0.25) is 0 Å². The third-order valence-corrected chi connectivity index (χ3v) is 3.44. The molecular formula is C11H8BrF2NO. The minimum atomic E-state index is -2.51. The van der Waals surface area contributed by atoms with Crippen molar-refractivity contribution in [1.82, 2.24) is 0 Å². The lowest BCUT2D eigenvalue weighted by molar-refractivity contribution is 0.150. The third-order valence-electron chi connectivity index (χ3n) is 2.76. The van der Waals surface area contributed by atoms with Crippen molar-refractivity contribution < 1.29 is 13.6 Å². The van der Waals surface area contributed by atoms with Crippen molar-refractivity contribution in [3.05, 3.63) is 33.8 Å². The number of hydrogen-bond acceptors (Lipinski definition) is 2. The van der Waals surface area contributed by atoms with E-state index in [0.717, 1.165) is 18.4 Å². The molecule has 1 saturated carbocycles. The number of halogens is 3. The van der Waals surface area contributed by atoms with Crippen LogP contribution in [0, 0.1) is 0 Å². The van der Waals surface area contributed by atoms with Crippen molar-refractivity contribution in [3.63, 3.8) is 0 Å². The van der Waals surface area contributed by atoms with Crippen molar-refractivity contribution >= 4 is 22.0 Å². The molecule has 0 amide bonds. The van der Waals surface area contributed by atoms with Crippen molar-refractivity contribution in [2.75, 3.05) is 0 Å². The Labute approximate surface area is 99.5 Å². The van der Waals surface area contributed by atoms with Gasteiger partial charge in [0.25, 0.3) is 6.43 Å². The molecule has 0 N–H and O–H groups in total. The summed E-state index contributed by atoms with van der Waals surface area (Å²) < 4.78 is 25.4. The molecule has 0 unspecified atom stereocenters. The van der Waals surface area contributed by atoms with Gasteiger partial charge in [0.2, 0.25) is 6.08 Å². The molecule has 0 atom stereocenters. The molecule has 0 heterocycles. The van der Waals surface area contributed by atoms with E-state index in [1.807, 2.05) is 0 Å². The van der Waals surface area contributed by atoms with Crippen LogP contribution in [-0.4, -0.2) is 6.08 Å². The monoisotopic (exact) mass is 287 g/mol. The summed E-state index contributed by atoms with van der Waals surface area (Å²) in [6.45, 7) is 0. The Bertz CT molecular complexity index is 465. The Hall–Kier alpha value is -1.06. The first kappa shape index (κ1) is 11.4. The number of carbonyl (C=O) groups excluding carboxylic acids is 1. The van der Waals surface area contributed by atoms with Crippen LogP contribution in [0.1, 0.15) is 30.4 Å². The lowest BCUT2D eigenvalue weighted by Gasteiger charge is -2.10. The minimum Gasteiger partial charge on any atom is -0.211 e. The van der Waals surface area contributed by atoms with Crippen LogP contribution < -0.4 is 0 Å².